The SMILES string of the molecule is [2H]N1CC2CC(C1)N(C(C)C)C2. The molecule has 0 amide bonds. The van der Waals surface area contributed by atoms with Crippen LogP contribution in [0.25, 0.3) is 0 Å². The minimum absolute atomic E-state index is 0.659. The van der Waals surface area contributed by atoms with Crippen molar-refractivity contribution in [3.63, 3.8) is 0 Å². The van der Waals surface area contributed by atoms with Crippen LogP contribution in [-0.2, 0) is 0 Å². The number of nitrogens with one attached hydrogen (secondary N) is 1. The van der Waals surface area contributed by atoms with E-state index in [1.807, 2.05) is 0 Å². The Bertz CT molecular complexity index is 172. The fourth-order valence-electron chi connectivity index (χ4n) is 2.39. The Hall–Kier alpha value is -0.0800. The van der Waals surface area contributed by atoms with E-state index in [1.165, 1.54) is 13.0 Å². The van der Waals surface area contributed by atoms with Gasteiger partial charge in [0.15, 0.2) is 0 Å². The maximum atomic E-state index is 7.61. The van der Waals surface area contributed by atoms with Crippen LogP contribution in [0, 0.1) is 5.92 Å². The summed E-state index contributed by atoms with van der Waals surface area (Å²) in [5.41, 5.74) is 0. The van der Waals surface area contributed by atoms with Crippen molar-refractivity contribution in [3.8, 4) is 0 Å². The van der Waals surface area contributed by atoms with Crippen molar-refractivity contribution in [1.29, 1.82) is 0 Å². The zero-order chi connectivity index (χ0) is 8.72. The van der Waals surface area contributed by atoms with Gasteiger partial charge in [0.2, 0.25) is 0 Å². The van der Waals surface area contributed by atoms with Gasteiger partial charge in [0.05, 0.1) is 0 Å². The monoisotopic (exact) mass is 155 g/mol. The Morgan fingerprint density at radius 2 is 2.36 bits per heavy atom. The van der Waals surface area contributed by atoms with Crippen molar-refractivity contribution in [2.75, 3.05) is 19.6 Å². The number of hydrogen-bond donors (Lipinski definition) is 1. The Morgan fingerprint density at radius 3 is 3.09 bits per heavy atom. The van der Waals surface area contributed by atoms with Crippen molar-refractivity contribution in [2.45, 2.75) is 32.4 Å². The molecule has 0 spiro atoms. The van der Waals surface area contributed by atoms with E-state index in [1.54, 1.807) is 5.31 Å². The Kier molecular flexibility index (Phi) is 1.61. The average molecular weight is 155 g/mol. The van der Waals surface area contributed by atoms with Crippen LogP contribution in [0.5, 0.6) is 0 Å². The third-order valence-corrected chi connectivity index (χ3v) is 2.93. The van der Waals surface area contributed by atoms with E-state index in [2.05, 4.69) is 18.7 Å². The topological polar surface area (TPSA) is 15.3 Å². The van der Waals surface area contributed by atoms with Crippen molar-refractivity contribution in [2.24, 2.45) is 5.92 Å². The lowest BCUT2D eigenvalue weighted by Gasteiger charge is -2.27. The molecular formula is C9H18N2. The van der Waals surface area contributed by atoms with Gasteiger partial charge in [-0.15, -0.1) is 0 Å². The first-order chi connectivity index (χ1) is 5.66. The van der Waals surface area contributed by atoms with Gasteiger partial charge in [0.25, 0.3) is 0 Å². The highest BCUT2D eigenvalue weighted by Gasteiger charge is 2.35. The Labute approximate surface area is 70.4 Å². The summed E-state index contributed by atoms with van der Waals surface area (Å²) < 4.78 is 7.61. The molecular weight excluding hydrogens is 136 g/mol. The van der Waals surface area contributed by atoms with Crippen LogP contribution < -0.4 is 5.31 Å². The lowest BCUT2D eigenvalue weighted by atomic mass is 10.0. The lowest BCUT2D eigenvalue weighted by molar-refractivity contribution is 0.205. The van der Waals surface area contributed by atoms with Crippen molar-refractivity contribution < 1.29 is 1.41 Å². The molecule has 0 radical (unpaired) electrons. The van der Waals surface area contributed by atoms with E-state index in [0.29, 0.717) is 12.1 Å². The summed E-state index contributed by atoms with van der Waals surface area (Å²) in [6, 6.07) is 1.33. The molecule has 2 nitrogen and oxygen atoms in total. The summed E-state index contributed by atoms with van der Waals surface area (Å²) in [5.74, 6) is 0.767. The van der Waals surface area contributed by atoms with E-state index in [-0.39, 0.29) is 0 Å². The first-order valence-electron chi connectivity index (χ1n) is 5.11. The van der Waals surface area contributed by atoms with Gasteiger partial charge in [0, 0.05) is 25.2 Å². The molecule has 0 aliphatic carbocycles. The molecule has 2 fully saturated rings. The third kappa shape index (κ3) is 1.30. The minimum atomic E-state index is 0.659. The predicted octanol–water partition coefficient (Wildman–Crippen LogP) is 0.688. The van der Waals surface area contributed by atoms with Gasteiger partial charge in [-0.2, -0.15) is 0 Å². The molecule has 1 N–H and O–H groups in total. The van der Waals surface area contributed by atoms with Gasteiger partial charge < -0.3 is 5.31 Å². The maximum absolute atomic E-state index is 7.61. The smallest absolute Gasteiger partial charge is 0.122 e. The van der Waals surface area contributed by atoms with E-state index < -0.39 is 0 Å². The molecule has 2 heterocycles. The molecule has 2 aliphatic rings. The fraction of sp³-hybridized carbons (Fsp3) is 1.00. The molecule has 0 aromatic rings. The zero-order valence-corrected chi connectivity index (χ0v) is 7.45. The first-order valence-corrected chi connectivity index (χ1v) is 4.66. The highest BCUT2D eigenvalue weighted by molar-refractivity contribution is 4.92. The van der Waals surface area contributed by atoms with Crippen molar-refractivity contribution in [1.82, 2.24) is 10.2 Å². The first kappa shape index (κ1) is 6.44. The molecule has 2 atom stereocenters. The van der Waals surface area contributed by atoms with Gasteiger partial charge in [-0.25, -0.2) is 0 Å². The summed E-state index contributed by atoms with van der Waals surface area (Å²) in [5, 5.41) is 1.74. The molecule has 2 rings (SSSR count). The van der Waals surface area contributed by atoms with Gasteiger partial charge in [-0.1, -0.05) is 0 Å². The standard InChI is InChI=1S/C9H18N2/c1-7(2)11-6-8-3-9(11)5-10-4-8/h7-10H,3-6H2,1-2H3/i/hD. The van der Waals surface area contributed by atoms with E-state index in [0.717, 1.165) is 19.0 Å². The molecule has 64 valence electrons. The summed E-state index contributed by atoms with van der Waals surface area (Å²) in [4.78, 5) is 2.55. The van der Waals surface area contributed by atoms with Gasteiger partial charge >= 0.3 is 0 Å². The highest BCUT2D eigenvalue weighted by Crippen LogP contribution is 2.27. The molecule has 2 unspecified atom stereocenters. The number of rotatable bonds is 1. The van der Waals surface area contributed by atoms with Crippen LogP contribution in [0.2, 0.25) is 1.41 Å². The third-order valence-electron chi connectivity index (χ3n) is 2.93. The molecule has 11 heavy (non-hydrogen) atoms. The highest BCUT2D eigenvalue weighted by atomic mass is 15.2. The lowest BCUT2D eigenvalue weighted by Crippen LogP contribution is -2.41. The van der Waals surface area contributed by atoms with Gasteiger partial charge in [-0.05, 0) is 32.7 Å². The summed E-state index contributed by atoms with van der Waals surface area (Å²) in [6.45, 7) is 7.68. The second-order valence-corrected chi connectivity index (χ2v) is 4.13. The predicted molar refractivity (Wildman–Crippen MR) is 46.6 cm³/mol. The van der Waals surface area contributed by atoms with E-state index in [4.69, 9.17) is 1.41 Å². The average Bonchev–Trinajstić information content (AvgIpc) is 2.26. The summed E-state index contributed by atoms with van der Waals surface area (Å²) in [7, 11) is 0. The van der Waals surface area contributed by atoms with Crippen LogP contribution in [0.3, 0.4) is 0 Å². The van der Waals surface area contributed by atoms with Crippen LogP contribution >= 0.6 is 0 Å². The molecule has 0 aromatic carbocycles. The fourth-order valence-corrected chi connectivity index (χ4v) is 2.39. The quantitative estimate of drug-likeness (QED) is 0.599. The number of fused-ring (bicyclic) bond motifs is 2. The Balaban J connectivity index is 2.04. The van der Waals surface area contributed by atoms with E-state index in [9.17, 15) is 0 Å². The summed E-state index contributed by atoms with van der Waals surface area (Å²) in [6.07, 6.45) is 1.33. The molecule has 2 heteroatoms. The second kappa shape index (κ2) is 2.76. The maximum Gasteiger partial charge on any atom is 0.122 e. The molecule has 0 aromatic heterocycles. The van der Waals surface area contributed by atoms with Crippen LogP contribution in [-0.4, -0.2) is 36.6 Å². The largest absolute Gasteiger partial charge is 0.315 e. The number of nitrogens with zero attached hydrogens (tertiary/aromatic N) is 1. The van der Waals surface area contributed by atoms with E-state index >= 15 is 0 Å². The second-order valence-electron chi connectivity index (χ2n) is 4.13. The van der Waals surface area contributed by atoms with Gasteiger partial charge in [-0.3, -0.25) is 4.90 Å². The normalized spacial score (nSPS) is 41.5. The van der Waals surface area contributed by atoms with Crippen LogP contribution in [0.15, 0.2) is 0 Å². The number of likely N-dealkylation sites (tertiary alicyclic amines) is 1. The van der Waals surface area contributed by atoms with Crippen molar-refractivity contribution >= 4 is 0 Å². The van der Waals surface area contributed by atoms with Crippen molar-refractivity contribution in [3.05, 3.63) is 0 Å². The summed E-state index contributed by atoms with van der Waals surface area (Å²) >= 11 is 0. The van der Waals surface area contributed by atoms with Gasteiger partial charge in [0.1, 0.15) is 1.41 Å². The zero-order valence-electron chi connectivity index (χ0n) is 8.45. The number of piperidine rings is 1. The van der Waals surface area contributed by atoms with Crippen LogP contribution in [0.1, 0.15) is 20.3 Å². The Morgan fingerprint density at radius 1 is 1.55 bits per heavy atom. The van der Waals surface area contributed by atoms with Crippen LogP contribution in [0.4, 0.5) is 0 Å². The molecule has 2 aliphatic heterocycles. The number of hydrogen-bond acceptors (Lipinski definition) is 2. The molecule has 2 saturated heterocycles. The molecule has 0 saturated carbocycles. The minimum Gasteiger partial charge on any atom is -0.315 e. The molecule has 2 bridgehead atoms.